The number of rotatable bonds is 7. The third-order valence-electron chi connectivity index (χ3n) is 6.60. The first-order valence-corrected chi connectivity index (χ1v) is 11.4. The molecule has 0 aromatic heterocycles. The van der Waals surface area contributed by atoms with Crippen LogP contribution >= 0.6 is 0 Å². The van der Waals surface area contributed by atoms with Gasteiger partial charge < -0.3 is 20.5 Å². The van der Waals surface area contributed by atoms with Crippen molar-refractivity contribution < 1.29 is 28.6 Å². The molecular weight excluding hydrogens is 451 g/mol. The van der Waals surface area contributed by atoms with Crippen LogP contribution in [0.5, 0.6) is 0 Å². The number of carbonyl (C=O) groups excluding carboxylic acids is 2. The molecule has 0 heterocycles. The van der Waals surface area contributed by atoms with E-state index in [-0.39, 0.29) is 30.7 Å². The SMILES string of the molecule is O=C(NC[C@@H]1C[C@@H]1C(=O)Nc1cccc(F)c1C(=O)O)OCC1c2ccccc2-c2ccccc21. The highest BCUT2D eigenvalue weighted by atomic mass is 19.1. The lowest BCUT2D eigenvalue weighted by Gasteiger charge is -2.14. The van der Waals surface area contributed by atoms with Gasteiger partial charge in [0.05, 0.1) is 5.69 Å². The first kappa shape index (κ1) is 22.6. The van der Waals surface area contributed by atoms with E-state index in [0.29, 0.717) is 6.42 Å². The summed E-state index contributed by atoms with van der Waals surface area (Å²) in [6.45, 7) is 0.454. The van der Waals surface area contributed by atoms with E-state index >= 15 is 0 Å². The number of carbonyl (C=O) groups is 3. The van der Waals surface area contributed by atoms with E-state index in [1.807, 2.05) is 36.4 Å². The highest BCUT2D eigenvalue weighted by Gasteiger charge is 2.43. The van der Waals surface area contributed by atoms with Crippen molar-refractivity contribution >= 4 is 23.7 Å². The third-order valence-corrected chi connectivity index (χ3v) is 6.60. The van der Waals surface area contributed by atoms with E-state index in [0.717, 1.165) is 28.3 Å². The van der Waals surface area contributed by atoms with E-state index in [1.165, 1.54) is 12.1 Å². The van der Waals surface area contributed by atoms with Crippen LogP contribution in [-0.4, -0.2) is 36.2 Å². The minimum absolute atomic E-state index is 0.0395. The van der Waals surface area contributed by atoms with Crippen molar-refractivity contribution in [2.45, 2.75) is 12.3 Å². The Morgan fingerprint density at radius 2 is 1.60 bits per heavy atom. The third kappa shape index (κ3) is 4.47. The zero-order valence-electron chi connectivity index (χ0n) is 18.7. The number of amides is 2. The molecule has 0 radical (unpaired) electrons. The smallest absolute Gasteiger partial charge is 0.407 e. The van der Waals surface area contributed by atoms with E-state index in [1.54, 1.807) is 0 Å². The van der Waals surface area contributed by atoms with Crippen molar-refractivity contribution in [2.24, 2.45) is 11.8 Å². The number of hydrogen-bond donors (Lipinski definition) is 3. The molecule has 3 N–H and O–H groups in total. The second-order valence-electron chi connectivity index (χ2n) is 8.77. The van der Waals surface area contributed by atoms with Crippen molar-refractivity contribution in [3.8, 4) is 11.1 Å². The van der Waals surface area contributed by atoms with Crippen LogP contribution in [0.2, 0.25) is 0 Å². The number of carboxylic acid groups (broad SMARTS) is 1. The largest absolute Gasteiger partial charge is 0.478 e. The van der Waals surface area contributed by atoms with Crippen molar-refractivity contribution in [3.05, 3.63) is 89.2 Å². The predicted molar refractivity (Wildman–Crippen MR) is 127 cm³/mol. The molecule has 2 aliphatic rings. The lowest BCUT2D eigenvalue weighted by Crippen LogP contribution is -2.29. The average molecular weight is 474 g/mol. The Morgan fingerprint density at radius 1 is 0.943 bits per heavy atom. The van der Waals surface area contributed by atoms with Crippen molar-refractivity contribution in [1.29, 1.82) is 0 Å². The van der Waals surface area contributed by atoms with Crippen LogP contribution in [0.25, 0.3) is 11.1 Å². The highest BCUT2D eigenvalue weighted by molar-refractivity contribution is 6.02. The molecule has 0 saturated heterocycles. The topological polar surface area (TPSA) is 105 Å². The number of hydrogen-bond acceptors (Lipinski definition) is 4. The molecule has 35 heavy (non-hydrogen) atoms. The minimum Gasteiger partial charge on any atom is -0.478 e. The predicted octanol–water partition coefficient (Wildman–Crippen LogP) is 4.64. The average Bonchev–Trinajstić information content (AvgIpc) is 3.56. The summed E-state index contributed by atoms with van der Waals surface area (Å²) < 4.78 is 19.3. The molecule has 0 spiro atoms. The first-order chi connectivity index (χ1) is 16.9. The van der Waals surface area contributed by atoms with Gasteiger partial charge >= 0.3 is 12.1 Å². The van der Waals surface area contributed by atoms with Gasteiger partial charge in [-0.15, -0.1) is 0 Å². The normalized spacial score (nSPS) is 17.7. The Labute approximate surface area is 200 Å². The maximum atomic E-state index is 13.8. The molecule has 8 heteroatoms. The summed E-state index contributed by atoms with van der Waals surface area (Å²) >= 11 is 0. The fourth-order valence-electron chi connectivity index (χ4n) is 4.73. The van der Waals surface area contributed by atoms with E-state index in [4.69, 9.17) is 4.74 Å². The number of nitrogens with one attached hydrogen (secondary N) is 2. The number of ether oxygens (including phenoxy) is 1. The van der Waals surface area contributed by atoms with Crippen molar-refractivity contribution in [1.82, 2.24) is 5.32 Å². The summed E-state index contributed by atoms with van der Waals surface area (Å²) in [7, 11) is 0. The quantitative estimate of drug-likeness (QED) is 0.463. The Balaban J connectivity index is 1.12. The Morgan fingerprint density at radius 3 is 2.26 bits per heavy atom. The molecule has 2 atom stereocenters. The first-order valence-electron chi connectivity index (χ1n) is 11.4. The summed E-state index contributed by atoms with van der Waals surface area (Å²) in [6.07, 6.45) is -0.0241. The van der Waals surface area contributed by atoms with Gasteiger partial charge in [-0.3, -0.25) is 4.79 Å². The number of fused-ring (bicyclic) bond motifs is 3. The molecule has 1 saturated carbocycles. The molecule has 2 aliphatic carbocycles. The molecule has 2 amide bonds. The van der Waals surface area contributed by atoms with Crippen molar-refractivity contribution in [3.63, 3.8) is 0 Å². The maximum Gasteiger partial charge on any atom is 0.407 e. The molecule has 5 rings (SSSR count). The zero-order chi connectivity index (χ0) is 24.5. The maximum absolute atomic E-state index is 13.8. The van der Waals surface area contributed by atoms with Crippen LogP contribution in [0.15, 0.2) is 66.7 Å². The van der Waals surface area contributed by atoms with E-state index < -0.39 is 35.3 Å². The van der Waals surface area contributed by atoms with E-state index in [9.17, 15) is 23.9 Å². The van der Waals surface area contributed by atoms with Crippen molar-refractivity contribution in [2.75, 3.05) is 18.5 Å². The summed E-state index contributed by atoms with van der Waals surface area (Å²) in [5.41, 5.74) is 3.88. The number of benzene rings is 3. The van der Waals surface area contributed by atoms with Gasteiger partial charge in [0.25, 0.3) is 0 Å². The Kier molecular flexibility index (Phi) is 5.94. The summed E-state index contributed by atoms with van der Waals surface area (Å²) in [5.74, 6) is -3.31. The van der Waals surface area contributed by atoms with Gasteiger partial charge in [-0.05, 0) is 46.7 Å². The van der Waals surface area contributed by atoms with Gasteiger partial charge in [-0.1, -0.05) is 54.6 Å². The molecule has 178 valence electrons. The molecule has 0 aliphatic heterocycles. The van der Waals surface area contributed by atoms with Gasteiger partial charge in [0.15, 0.2) is 0 Å². The zero-order valence-corrected chi connectivity index (χ0v) is 18.7. The van der Waals surface area contributed by atoms with Gasteiger partial charge in [-0.2, -0.15) is 0 Å². The van der Waals surface area contributed by atoms with Crippen LogP contribution in [-0.2, 0) is 9.53 Å². The Bertz CT molecular complexity index is 1280. The lowest BCUT2D eigenvalue weighted by atomic mass is 9.98. The van der Waals surface area contributed by atoms with Gasteiger partial charge in [0, 0.05) is 18.4 Å². The lowest BCUT2D eigenvalue weighted by molar-refractivity contribution is -0.117. The highest BCUT2D eigenvalue weighted by Crippen LogP contribution is 2.44. The van der Waals surface area contributed by atoms with Gasteiger partial charge in [0.1, 0.15) is 18.0 Å². The molecule has 1 fully saturated rings. The number of anilines is 1. The summed E-state index contributed by atoms with van der Waals surface area (Å²) in [5, 5.41) is 14.4. The van der Waals surface area contributed by atoms with Gasteiger partial charge in [-0.25, -0.2) is 14.0 Å². The fraction of sp³-hybridized carbons (Fsp3) is 0.222. The van der Waals surface area contributed by atoms with Crippen LogP contribution in [0.4, 0.5) is 14.9 Å². The van der Waals surface area contributed by atoms with Crippen LogP contribution < -0.4 is 10.6 Å². The van der Waals surface area contributed by atoms with Crippen LogP contribution in [0.1, 0.15) is 33.8 Å². The Hall–Kier alpha value is -4.20. The summed E-state index contributed by atoms with van der Waals surface area (Å²) in [4.78, 5) is 36.1. The molecule has 0 bridgehead atoms. The fourth-order valence-corrected chi connectivity index (χ4v) is 4.73. The number of halogens is 1. The monoisotopic (exact) mass is 474 g/mol. The van der Waals surface area contributed by atoms with E-state index in [2.05, 4.69) is 22.8 Å². The second kappa shape index (κ2) is 9.21. The molecular formula is C27H23FN2O5. The molecule has 3 aromatic rings. The molecule has 3 aromatic carbocycles. The number of carboxylic acids is 1. The molecule has 7 nitrogen and oxygen atoms in total. The van der Waals surface area contributed by atoms with Crippen LogP contribution in [0.3, 0.4) is 0 Å². The summed E-state index contributed by atoms with van der Waals surface area (Å²) in [6, 6.07) is 19.8. The molecule has 0 unspecified atom stereocenters. The standard InChI is InChI=1S/C27H23FN2O5/c28-22-10-5-11-23(24(22)26(32)33)30-25(31)20-12-15(20)13-29-27(34)35-14-21-18-8-3-1-6-16(18)17-7-2-4-9-19(17)21/h1-11,15,20-21H,12-14H2,(H,29,34)(H,30,31)(H,32,33)/t15-,20-/m0/s1. The minimum atomic E-state index is -1.46. The number of alkyl carbamates (subject to hydrolysis) is 1. The van der Waals surface area contributed by atoms with Gasteiger partial charge in [0.2, 0.25) is 5.91 Å². The second-order valence-corrected chi connectivity index (χ2v) is 8.77. The number of aromatic carboxylic acids is 1. The van der Waals surface area contributed by atoms with Crippen LogP contribution in [0, 0.1) is 17.7 Å².